The van der Waals surface area contributed by atoms with E-state index in [1.807, 2.05) is 0 Å². The van der Waals surface area contributed by atoms with E-state index in [2.05, 4.69) is 15.3 Å². The second-order valence-corrected chi connectivity index (χ2v) is 9.20. The minimum absolute atomic E-state index is 0.0185. The summed E-state index contributed by atoms with van der Waals surface area (Å²) in [6.45, 7) is 4.26. The molecule has 154 valence electrons. The van der Waals surface area contributed by atoms with Gasteiger partial charge in [0.05, 0.1) is 11.8 Å². The largest absolute Gasteiger partial charge is 0.351 e. The van der Waals surface area contributed by atoms with E-state index in [1.165, 1.54) is 21.3 Å². The van der Waals surface area contributed by atoms with Crippen LogP contribution in [0.2, 0.25) is 0 Å². The van der Waals surface area contributed by atoms with Crippen molar-refractivity contribution < 1.29 is 17.2 Å². The Kier molecular flexibility index (Phi) is 5.67. The number of piperidine rings is 1. The molecule has 0 unspecified atom stereocenters. The summed E-state index contributed by atoms with van der Waals surface area (Å²) in [5.41, 5.74) is -1.04. The van der Waals surface area contributed by atoms with Crippen LogP contribution in [-0.2, 0) is 10.0 Å². The highest BCUT2D eigenvalue weighted by Crippen LogP contribution is 2.23. The molecule has 2 aromatic rings. The highest BCUT2D eigenvalue weighted by Gasteiger charge is 2.25. The molecule has 0 spiro atoms. The van der Waals surface area contributed by atoms with Crippen molar-refractivity contribution in [1.29, 1.82) is 0 Å². The van der Waals surface area contributed by atoms with Gasteiger partial charge in [0.25, 0.3) is 12.0 Å². The Hall–Kier alpha value is -2.14. The number of hydrogen-bond donors (Lipinski definition) is 1. The summed E-state index contributed by atoms with van der Waals surface area (Å²) < 4.78 is 52.3. The fourth-order valence-corrected chi connectivity index (χ4v) is 4.23. The van der Waals surface area contributed by atoms with E-state index >= 15 is 0 Å². The Bertz CT molecular complexity index is 1030. The molecular formula is C17H23F2N5O3S. The normalized spacial score (nSPS) is 17.0. The number of sulfonamides is 1. The molecule has 2 aromatic heterocycles. The maximum Gasteiger partial charge on any atom is 0.269 e. The smallest absolute Gasteiger partial charge is 0.269 e. The first kappa shape index (κ1) is 20.6. The van der Waals surface area contributed by atoms with Crippen molar-refractivity contribution in [2.45, 2.75) is 45.2 Å². The molecule has 8 nitrogen and oxygen atoms in total. The Labute approximate surface area is 161 Å². The third-order valence-electron chi connectivity index (χ3n) is 4.81. The third-order valence-corrected chi connectivity index (χ3v) is 6.11. The number of nitrogens with zero attached hydrogens (tertiary/aromatic N) is 4. The number of hydrogen-bond acceptors (Lipinski definition) is 6. The van der Waals surface area contributed by atoms with E-state index < -0.39 is 27.6 Å². The van der Waals surface area contributed by atoms with Crippen molar-refractivity contribution in [1.82, 2.24) is 18.8 Å². The van der Waals surface area contributed by atoms with E-state index in [9.17, 15) is 22.0 Å². The fraction of sp³-hybridized carbons (Fsp3) is 0.588. The molecule has 1 aliphatic rings. The first-order valence-corrected chi connectivity index (χ1v) is 10.8. The summed E-state index contributed by atoms with van der Waals surface area (Å²) in [4.78, 5) is 21.0. The van der Waals surface area contributed by atoms with Crippen molar-refractivity contribution in [3.8, 4) is 0 Å². The van der Waals surface area contributed by atoms with Gasteiger partial charge >= 0.3 is 0 Å². The van der Waals surface area contributed by atoms with Crippen molar-refractivity contribution in [2.75, 3.05) is 24.7 Å². The maximum atomic E-state index is 13.2. The minimum atomic E-state index is -3.21. The summed E-state index contributed by atoms with van der Waals surface area (Å²) in [6, 6.07) is 0.764. The standard InChI is InChI=1S/C17H23F2N5O3S/c1-10(2)24-15-11(8-13(14(18)19)16(24)25)9-20-17(22-15)21-12-4-6-23(7-5-12)28(3,26)27/h8-10,12,14H,4-7H2,1-3H3,(H,20,21,22). The molecule has 0 saturated carbocycles. The molecule has 1 fully saturated rings. The van der Waals surface area contributed by atoms with Crippen molar-refractivity contribution in [2.24, 2.45) is 0 Å². The van der Waals surface area contributed by atoms with E-state index in [-0.39, 0.29) is 23.7 Å². The molecule has 0 amide bonds. The van der Waals surface area contributed by atoms with Gasteiger partial charge in [-0.25, -0.2) is 26.5 Å². The van der Waals surface area contributed by atoms with E-state index in [1.54, 1.807) is 13.8 Å². The number of alkyl halides is 2. The maximum absolute atomic E-state index is 13.2. The van der Waals surface area contributed by atoms with E-state index in [0.717, 1.165) is 6.07 Å². The highest BCUT2D eigenvalue weighted by atomic mass is 32.2. The predicted octanol–water partition coefficient (Wildman–Crippen LogP) is 2.15. The number of fused-ring (bicyclic) bond motifs is 1. The van der Waals surface area contributed by atoms with Crippen LogP contribution in [0.3, 0.4) is 0 Å². The van der Waals surface area contributed by atoms with Crippen LogP contribution in [-0.4, -0.2) is 52.6 Å². The van der Waals surface area contributed by atoms with Crippen LogP contribution in [0.5, 0.6) is 0 Å². The zero-order valence-electron chi connectivity index (χ0n) is 15.9. The summed E-state index contributed by atoms with van der Waals surface area (Å²) in [5, 5.41) is 3.52. The Morgan fingerprint density at radius 3 is 2.43 bits per heavy atom. The Morgan fingerprint density at radius 2 is 1.89 bits per heavy atom. The van der Waals surface area contributed by atoms with Gasteiger partial charge in [-0.05, 0) is 32.8 Å². The van der Waals surface area contributed by atoms with E-state index in [0.29, 0.717) is 31.3 Å². The number of aromatic nitrogens is 3. The lowest BCUT2D eigenvalue weighted by atomic mass is 10.1. The SMILES string of the molecule is CC(C)n1c(=O)c(C(F)F)cc2cnc(NC3CCN(S(C)(=O)=O)CC3)nc21. The van der Waals surface area contributed by atoms with Crippen LogP contribution in [0.1, 0.15) is 44.7 Å². The predicted molar refractivity (Wildman–Crippen MR) is 102 cm³/mol. The molecule has 1 N–H and O–H groups in total. The molecule has 28 heavy (non-hydrogen) atoms. The molecule has 0 aliphatic carbocycles. The summed E-state index contributed by atoms with van der Waals surface area (Å²) in [7, 11) is -3.21. The van der Waals surface area contributed by atoms with Crippen molar-refractivity contribution >= 4 is 27.0 Å². The molecule has 0 radical (unpaired) electrons. The lowest BCUT2D eigenvalue weighted by Gasteiger charge is -2.30. The summed E-state index contributed by atoms with van der Waals surface area (Å²) in [5.74, 6) is 0.281. The first-order chi connectivity index (χ1) is 13.1. The highest BCUT2D eigenvalue weighted by molar-refractivity contribution is 7.88. The van der Waals surface area contributed by atoms with Gasteiger partial charge in [-0.15, -0.1) is 0 Å². The fourth-order valence-electron chi connectivity index (χ4n) is 3.36. The number of nitrogens with one attached hydrogen (secondary N) is 1. The van der Waals surface area contributed by atoms with Gasteiger partial charge in [-0.1, -0.05) is 0 Å². The van der Waals surface area contributed by atoms with Gasteiger partial charge in [0, 0.05) is 36.8 Å². The lowest BCUT2D eigenvalue weighted by Crippen LogP contribution is -2.42. The monoisotopic (exact) mass is 415 g/mol. The zero-order valence-corrected chi connectivity index (χ0v) is 16.7. The van der Waals surface area contributed by atoms with Gasteiger partial charge in [0.1, 0.15) is 5.65 Å². The molecule has 0 aromatic carbocycles. The second-order valence-electron chi connectivity index (χ2n) is 7.22. The average Bonchev–Trinajstić information content (AvgIpc) is 2.60. The minimum Gasteiger partial charge on any atom is -0.351 e. The third kappa shape index (κ3) is 4.14. The molecule has 3 heterocycles. The van der Waals surface area contributed by atoms with E-state index in [4.69, 9.17) is 0 Å². The topological polar surface area (TPSA) is 97.2 Å². The summed E-state index contributed by atoms with van der Waals surface area (Å²) >= 11 is 0. The average molecular weight is 415 g/mol. The van der Waals surface area contributed by atoms with Crippen LogP contribution in [0.25, 0.3) is 11.0 Å². The van der Waals surface area contributed by atoms with Gasteiger partial charge < -0.3 is 5.32 Å². The van der Waals surface area contributed by atoms with Crippen LogP contribution in [0.15, 0.2) is 17.1 Å². The van der Waals surface area contributed by atoms with Crippen molar-refractivity contribution in [3.05, 3.63) is 28.2 Å². The second kappa shape index (κ2) is 7.70. The first-order valence-electron chi connectivity index (χ1n) is 9.00. The number of halogens is 2. The number of rotatable bonds is 5. The lowest BCUT2D eigenvalue weighted by molar-refractivity contribution is 0.149. The Balaban J connectivity index is 1.89. The molecule has 11 heteroatoms. The van der Waals surface area contributed by atoms with Crippen LogP contribution in [0, 0.1) is 0 Å². The molecule has 1 aliphatic heterocycles. The van der Waals surface area contributed by atoms with Gasteiger partial charge in [-0.3, -0.25) is 9.36 Å². The molecular weight excluding hydrogens is 392 g/mol. The van der Waals surface area contributed by atoms with Crippen LogP contribution in [0.4, 0.5) is 14.7 Å². The van der Waals surface area contributed by atoms with Crippen LogP contribution < -0.4 is 10.9 Å². The molecule has 3 rings (SSSR count). The summed E-state index contributed by atoms with van der Waals surface area (Å²) in [6.07, 6.45) is 0.915. The molecule has 0 bridgehead atoms. The Morgan fingerprint density at radius 1 is 1.25 bits per heavy atom. The van der Waals surface area contributed by atoms with Crippen LogP contribution >= 0.6 is 0 Å². The molecule has 1 saturated heterocycles. The quantitative estimate of drug-likeness (QED) is 0.804. The van der Waals surface area contributed by atoms with Crippen molar-refractivity contribution in [3.63, 3.8) is 0 Å². The van der Waals surface area contributed by atoms with Gasteiger partial charge in [0.2, 0.25) is 16.0 Å². The van der Waals surface area contributed by atoms with Gasteiger partial charge in [-0.2, -0.15) is 4.98 Å². The zero-order chi connectivity index (χ0) is 20.6. The van der Waals surface area contributed by atoms with Gasteiger partial charge in [0.15, 0.2) is 0 Å². The number of anilines is 1. The number of pyridine rings is 1. The molecule has 0 atom stereocenters.